The van der Waals surface area contributed by atoms with Crippen molar-refractivity contribution in [3.63, 3.8) is 0 Å². The van der Waals surface area contributed by atoms with E-state index in [0.717, 1.165) is 25.7 Å². The lowest BCUT2D eigenvalue weighted by atomic mass is 9.91. The number of pyridine rings is 1. The van der Waals surface area contributed by atoms with Gasteiger partial charge in [0.1, 0.15) is 23.3 Å². The van der Waals surface area contributed by atoms with Gasteiger partial charge in [0.05, 0.1) is 23.5 Å². The number of carbonyl (C=O) groups is 1. The van der Waals surface area contributed by atoms with E-state index in [1.807, 2.05) is 20.8 Å². The molecule has 1 saturated carbocycles. The number of phenolic OH excluding ortho intramolecular Hbond substituents is 1. The highest BCUT2D eigenvalue weighted by atomic mass is 19.1. The van der Waals surface area contributed by atoms with Crippen molar-refractivity contribution in [3.05, 3.63) is 59.8 Å². The number of carbonyl (C=O) groups excluding carboxylic acids is 1. The number of hydrogen-bond acceptors (Lipinski definition) is 9. The topological polar surface area (TPSA) is 133 Å². The molecule has 1 aliphatic heterocycles. The standard InChI is InChI=1S/C31H36FN5O5/c1-31(2,3)42-30(39)37-12-9-20(10-13-37)40-21-16-22(17-21)41-28-15-19(8-11-34-28)14-25(32)24-18-26(35-36-29(24)33)23-6-4-5-7-27(23)38/h4-8,11,14-15,18,20-22,38H,9-10,12-13,16-17H2,1-3H3,(H2,33,36)/b25-14-. The first-order valence-electron chi connectivity index (χ1n) is 14.1. The molecule has 42 heavy (non-hydrogen) atoms. The van der Waals surface area contributed by atoms with Crippen LogP contribution in [0, 0.1) is 0 Å². The molecule has 5 rings (SSSR count). The second-order valence-corrected chi connectivity index (χ2v) is 11.6. The third-order valence-electron chi connectivity index (χ3n) is 7.13. The first kappa shape index (κ1) is 29.2. The Morgan fingerprint density at radius 3 is 2.52 bits per heavy atom. The molecule has 1 saturated heterocycles. The van der Waals surface area contributed by atoms with Crippen LogP contribution in [0.3, 0.4) is 0 Å². The number of benzene rings is 1. The number of aromatic hydroxyl groups is 1. The van der Waals surface area contributed by atoms with Crippen LogP contribution in [0.4, 0.5) is 15.0 Å². The van der Waals surface area contributed by atoms with Gasteiger partial charge in [-0.1, -0.05) is 12.1 Å². The van der Waals surface area contributed by atoms with Crippen LogP contribution >= 0.6 is 0 Å². The van der Waals surface area contributed by atoms with Crippen molar-refractivity contribution in [2.24, 2.45) is 0 Å². The molecule has 0 bridgehead atoms. The minimum atomic E-state index is -0.606. The van der Waals surface area contributed by atoms with E-state index in [1.165, 1.54) is 18.2 Å². The summed E-state index contributed by atoms with van der Waals surface area (Å²) in [5, 5.41) is 18.0. The molecule has 11 heteroatoms. The minimum absolute atomic E-state index is 0.00930. The first-order valence-corrected chi connectivity index (χ1v) is 14.1. The Hall–Kier alpha value is -4.25. The zero-order chi connectivity index (χ0) is 29.9. The number of nitrogen functional groups attached to an aromatic ring is 1. The molecule has 2 fully saturated rings. The molecule has 2 aromatic heterocycles. The fraction of sp³-hybridized carbons (Fsp3) is 0.419. The summed E-state index contributed by atoms with van der Waals surface area (Å²) in [5.74, 6) is -0.271. The number of likely N-dealkylation sites (tertiary alicyclic amines) is 1. The van der Waals surface area contributed by atoms with Crippen molar-refractivity contribution in [1.82, 2.24) is 20.1 Å². The molecule has 1 aliphatic carbocycles. The van der Waals surface area contributed by atoms with Crippen LogP contribution in [-0.2, 0) is 9.47 Å². The molecule has 0 unspecified atom stereocenters. The van der Waals surface area contributed by atoms with Crippen molar-refractivity contribution in [1.29, 1.82) is 0 Å². The number of phenols is 1. The lowest BCUT2D eigenvalue weighted by molar-refractivity contribution is -0.110. The van der Waals surface area contributed by atoms with Gasteiger partial charge in [-0.05, 0) is 69.5 Å². The molecule has 2 aliphatic rings. The van der Waals surface area contributed by atoms with Crippen LogP contribution in [-0.4, -0.2) is 68.3 Å². The minimum Gasteiger partial charge on any atom is -0.507 e. The van der Waals surface area contributed by atoms with E-state index < -0.39 is 11.4 Å². The molecule has 1 amide bonds. The number of anilines is 1. The lowest BCUT2D eigenvalue weighted by Gasteiger charge is -2.39. The Balaban J connectivity index is 1.13. The number of para-hydroxylation sites is 1. The fourth-order valence-electron chi connectivity index (χ4n) is 4.89. The van der Waals surface area contributed by atoms with E-state index in [1.54, 1.807) is 41.4 Å². The zero-order valence-corrected chi connectivity index (χ0v) is 24.0. The van der Waals surface area contributed by atoms with E-state index >= 15 is 4.39 Å². The quantitative estimate of drug-likeness (QED) is 0.367. The molecule has 0 spiro atoms. The highest BCUT2D eigenvalue weighted by Gasteiger charge is 2.35. The van der Waals surface area contributed by atoms with Crippen molar-refractivity contribution < 1.29 is 28.5 Å². The maximum absolute atomic E-state index is 15.3. The predicted octanol–water partition coefficient (Wildman–Crippen LogP) is 5.62. The summed E-state index contributed by atoms with van der Waals surface area (Å²) in [6.45, 7) is 6.82. The van der Waals surface area contributed by atoms with Crippen LogP contribution in [0.2, 0.25) is 0 Å². The van der Waals surface area contributed by atoms with Crippen molar-refractivity contribution in [2.45, 2.75) is 70.4 Å². The van der Waals surface area contributed by atoms with Gasteiger partial charge in [0.2, 0.25) is 5.88 Å². The van der Waals surface area contributed by atoms with Gasteiger partial charge in [0.15, 0.2) is 5.82 Å². The van der Waals surface area contributed by atoms with Gasteiger partial charge >= 0.3 is 6.09 Å². The van der Waals surface area contributed by atoms with Crippen LogP contribution in [0.5, 0.6) is 11.6 Å². The van der Waals surface area contributed by atoms with Gasteiger partial charge in [-0.3, -0.25) is 0 Å². The van der Waals surface area contributed by atoms with E-state index in [9.17, 15) is 9.90 Å². The third kappa shape index (κ3) is 7.33. The summed E-state index contributed by atoms with van der Waals surface area (Å²) in [6, 6.07) is 11.4. The van der Waals surface area contributed by atoms with Crippen molar-refractivity contribution in [3.8, 4) is 22.9 Å². The van der Waals surface area contributed by atoms with E-state index in [2.05, 4.69) is 15.2 Å². The second-order valence-electron chi connectivity index (χ2n) is 11.6. The maximum atomic E-state index is 15.3. The number of nitrogens with zero attached hydrogens (tertiary/aromatic N) is 4. The molecule has 222 valence electrons. The number of rotatable bonds is 7. The maximum Gasteiger partial charge on any atom is 0.410 e. The summed E-state index contributed by atoms with van der Waals surface area (Å²) in [6.07, 6.45) is 5.76. The lowest BCUT2D eigenvalue weighted by Crippen LogP contribution is -2.46. The van der Waals surface area contributed by atoms with E-state index in [4.69, 9.17) is 19.9 Å². The molecule has 1 aromatic carbocycles. The fourth-order valence-corrected chi connectivity index (χ4v) is 4.89. The van der Waals surface area contributed by atoms with Crippen molar-refractivity contribution >= 4 is 23.8 Å². The normalized spacial score (nSPS) is 19.7. The van der Waals surface area contributed by atoms with Gasteiger partial charge in [0.25, 0.3) is 0 Å². The molecular weight excluding hydrogens is 541 g/mol. The number of aromatic nitrogens is 3. The Kier molecular flexibility index (Phi) is 8.58. The molecule has 0 radical (unpaired) electrons. The third-order valence-corrected chi connectivity index (χ3v) is 7.13. The van der Waals surface area contributed by atoms with E-state index in [-0.39, 0.29) is 41.5 Å². The zero-order valence-electron chi connectivity index (χ0n) is 24.0. The monoisotopic (exact) mass is 577 g/mol. The van der Waals surface area contributed by atoms with E-state index in [0.29, 0.717) is 35.8 Å². The smallest absolute Gasteiger partial charge is 0.410 e. The average molecular weight is 578 g/mol. The number of halogens is 1. The highest BCUT2D eigenvalue weighted by Crippen LogP contribution is 2.33. The highest BCUT2D eigenvalue weighted by molar-refractivity contribution is 5.83. The molecular formula is C31H36FN5O5. The SMILES string of the molecule is CC(C)(C)OC(=O)N1CCC(OC2CC(Oc3cc(/C=C(\F)c4cc(-c5ccccc5O)nnc4N)ccn3)C2)CC1. The summed E-state index contributed by atoms with van der Waals surface area (Å²) < 4.78 is 33.0. The number of amides is 1. The first-order chi connectivity index (χ1) is 20.0. The summed E-state index contributed by atoms with van der Waals surface area (Å²) >= 11 is 0. The molecule has 0 atom stereocenters. The van der Waals surface area contributed by atoms with Crippen LogP contribution in [0.15, 0.2) is 48.7 Å². The second kappa shape index (κ2) is 12.3. The van der Waals surface area contributed by atoms with Crippen LogP contribution < -0.4 is 10.5 Å². The number of piperidine rings is 1. The van der Waals surface area contributed by atoms with Crippen LogP contribution in [0.25, 0.3) is 23.2 Å². The Morgan fingerprint density at radius 1 is 1.07 bits per heavy atom. The van der Waals surface area contributed by atoms with Gasteiger partial charge in [-0.15, -0.1) is 10.2 Å². The largest absolute Gasteiger partial charge is 0.507 e. The Morgan fingerprint density at radius 2 is 1.81 bits per heavy atom. The molecule has 10 nitrogen and oxygen atoms in total. The predicted molar refractivity (Wildman–Crippen MR) is 156 cm³/mol. The summed E-state index contributed by atoms with van der Waals surface area (Å²) in [4.78, 5) is 18.3. The summed E-state index contributed by atoms with van der Waals surface area (Å²) in [7, 11) is 0. The molecule has 3 N–H and O–H groups in total. The number of nitrogens with two attached hydrogens (primary N) is 1. The van der Waals surface area contributed by atoms with Gasteiger partial charge in [-0.2, -0.15) is 0 Å². The number of ether oxygens (including phenoxy) is 3. The Bertz CT molecular complexity index is 1450. The van der Waals surface area contributed by atoms with Gasteiger partial charge in [0, 0.05) is 43.8 Å². The number of hydrogen-bond donors (Lipinski definition) is 2. The molecule has 3 heterocycles. The molecule has 3 aromatic rings. The van der Waals surface area contributed by atoms with Crippen LogP contribution in [0.1, 0.15) is 57.6 Å². The van der Waals surface area contributed by atoms with Gasteiger partial charge < -0.3 is 30.0 Å². The summed E-state index contributed by atoms with van der Waals surface area (Å²) in [5.41, 5.74) is 6.74. The average Bonchev–Trinajstić information content (AvgIpc) is 2.92. The van der Waals surface area contributed by atoms with Gasteiger partial charge in [-0.25, -0.2) is 14.2 Å². The Labute approximate surface area is 244 Å². The van der Waals surface area contributed by atoms with Crippen molar-refractivity contribution in [2.75, 3.05) is 18.8 Å².